The van der Waals surface area contributed by atoms with Crippen LogP contribution in [0.25, 0.3) is 0 Å². The van der Waals surface area contributed by atoms with Gasteiger partial charge >= 0.3 is 5.97 Å². The van der Waals surface area contributed by atoms with Gasteiger partial charge in [0.05, 0.1) is 13.7 Å². The molecule has 0 spiro atoms. The number of rotatable bonds is 7. The first kappa shape index (κ1) is 27.7. The third-order valence-corrected chi connectivity index (χ3v) is 6.57. The van der Waals surface area contributed by atoms with Gasteiger partial charge in [-0.25, -0.2) is 9.18 Å². The fourth-order valence-electron chi connectivity index (χ4n) is 4.59. The van der Waals surface area contributed by atoms with Crippen molar-refractivity contribution in [3.63, 3.8) is 0 Å². The summed E-state index contributed by atoms with van der Waals surface area (Å²) in [5, 5.41) is 20.5. The molecule has 2 heterocycles. The van der Waals surface area contributed by atoms with Crippen molar-refractivity contribution in [1.29, 1.82) is 5.41 Å². The molecule has 3 atom stereocenters. The highest BCUT2D eigenvalue weighted by Gasteiger charge is 2.40. The Morgan fingerprint density at radius 1 is 1.18 bits per heavy atom. The summed E-state index contributed by atoms with van der Waals surface area (Å²) in [4.78, 5) is 53.5. The molecule has 5 N–H and O–H groups in total. The molecule has 0 unspecified atom stereocenters. The van der Waals surface area contributed by atoms with Gasteiger partial charge in [0.15, 0.2) is 12.2 Å². The molecule has 2 aromatic rings. The summed E-state index contributed by atoms with van der Waals surface area (Å²) in [7, 11) is 1.23. The summed E-state index contributed by atoms with van der Waals surface area (Å²) in [5.74, 6) is -3.80. The van der Waals surface area contributed by atoms with Gasteiger partial charge in [-0.05, 0) is 55.3 Å². The van der Waals surface area contributed by atoms with Gasteiger partial charge in [0.1, 0.15) is 17.7 Å². The number of nitrogen functional groups attached to an aromatic ring is 1. The Labute approximate surface area is 223 Å². The van der Waals surface area contributed by atoms with Gasteiger partial charge < -0.3 is 35.4 Å². The van der Waals surface area contributed by atoms with Crippen molar-refractivity contribution in [2.45, 2.75) is 31.1 Å². The lowest BCUT2D eigenvalue weighted by atomic mass is 10.1. The van der Waals surface area contributed by atoms with Gasteiger partial charge in [0.2, 0.25) is 0 Å². The second-order valence-electron chi connectivity index (χ2n) is 9.08. The van der Waals surface area contributed by atoms with E-state index in [-0.39, 0.29) is 30.2 Å². The summed E-state index contributed by atoms with van der Waals surface area (Å²) in [6.45, 7) is 0.216. The topological polar surface area (TPSA) is 175 Å². The van der Waals surface area contributed by atoms with Gasteiger partial charge in [-0.3, -0.25) is 19.8 Å². The zero-order valence-electron chi connectivity index (χ0n) is 21.1. The SMILES string of the molecule is COC(=O)[C@@H]1CCCN1C(=O)c1cc(F)cc(N2CCO[C@H]([C@@H](O)C(=O)Nc3ccc(C(=N)N)cc3)C2=O)c1. The second kappa shape index (κ2) is 11.6. The number of carbonyl (C=O) groups excluding carboxylic acids is 4. The van der Waals surface area contributed by atoms with Crippen molar-refractivity contribution in [3.05, 3.63) is 59.4 Å². The van der Waals surface area contributed by atoms with Crippen LogP contribution in [0, 0.1) is 11.2 Å². The standard InChI is InChI=1S/C26H28FN5O7/c1-38-26(37)19-3-2-8-32(19)24(35)15-11-16(27)13-18(12-15)31-9-10-39-21(25(31)36)20(33)23(34)30-17-6-4-14(5-7-17)22(28)29/h4-7,11-13,19-21,33H,2-3,8-10H2,1H3,(H3,28,29)(H,30,34)/t19-,20+,21+/m0/s1. The van der Waals surface area contributed by atoms with Crippen molar-refractivity contribution in [3.8, 4) is 0 Å². The van der Waals surface area contributed by atoms with Gasteiger partial charge in [-0.1, -0.05) is 0 Å². The lowest BCUT2D eigenvalue weighted by molar-refractivity contribution is -0.150. The number of amides is 3. The van der Waals surface area contributed by atoms with E-state index >= 15 is 0 Å². The van der Waals surface area contributed by atoms with Gasteiger partial charge in [0, 0.05) is 35.6 Å². The molecule has 3 amide bonds. The molecule has 0 aliphatic carbocycles. The average Bonchev–Trinajstić information content (AvgIpc) is 3.42. The van der Waals surface area contributed by atoms with Crippen molar-refractivity contribution in [1.82, 2.24) is 4.90 Å². The predicted molar refractivity (Wildman–Crippen MR) is 137 cm³/mol. The summed E-state index contributed by atoms with van der Waals surface area (Å²) in [6.07, 6.45) is -2.48. The fraction of sp³-hybridized carbons (Fsp3) is 0.346. The number of carbonyl (C=O) groups is 4. The predicted octanol–water partition coefficient (Wildman–Crippen LogP) is 0.619. The molecular formula is C26H28FN5O7. The molecule has 2 aliphatic rings. The highest BCUT2D eigenvalue weighted by molar-refractivity contribution is 6.05. The minimum absolute atomic E-state index is 0.0121. The van der Waals surface area contributed by atoms with E-state index < -0.39 is 47.8 Å². The Bertz CT molecular complexity index is 1300. The first-order chi connectivity index (χ1) is 18.6. The normalized spacial score (nSPS) is 19.9. The number of aliphatic hydroxyl groups is 1. The van der Waals surface area contributed by atoms with Crippen LogP contribution in [-0.2, 0) is 23.9 Å². The molecule has 2 saturated heterocycles. The van der Waals surface area contributed by atoms with E-state index in [0.717, 1.165) is 17.0 Å². The first-order valence-corrected chi connectivity index (χ1v) is 12.2. The van der Waals surface area contributed by atoms with Crippen molar-refractivity contribution in [2.75, 3.05) is 37.0 Å². The van der Waals surface area contributed by atoms with Crippen LogP contribution in [0.3, 0.4) is 0 Å². The molecule has 2 fully saturated rings. The van der Waals surface area contributed by atoms with Crippen molar-refractivity contribution >= 4 is 40.9 Å². The van der Waals surface area contributed by atoms with Gasteiger partial charge in [0.25, 0.3) is 17.7 Å². The number of nitrogens with two attached hydrogens (primary N) is 1. The molecule has 12 nitrogen and oxygen atoms in total. The van der Waals surface area contributed by atoms with Crippen molar-refractivity contribution < 1.29 is 38.1 Å². The number of ether oxygens (including phenoxy) is 2. The number of anilines is 2. The number of hydrogen-bond acceptors (Lipinski definition) is 8. The van der Waals surface area contributed by atoms with Crippen LogP contribution in [-0.4, -0.2) is 84.6 Å². The minimum Gasteiger partial charge on any atom is -0.467 e. The van der Waals surface area contributed by atoms with E-state index in [1.807, 2.05) is 0 Å². The summed E-state index contributed by atoms with van der Waals surface area (Å²) in [5.41, 5.74) is 6.12. The van der Waals surface area contributed by atoms with Crippen LogP contribution < -0.4 is 16.0 Å². The second-order valence-corrected chi connectivity index (χ2v) is 9.08. The lowest BCUT2D eigenvalue weighted by Crippen LogP contribution is -2.55. The number of morpholine rings is 1. The number of methoxy groups -OCH3 is 1. The number of halogens is 1. The highest BCUT2D eigenvalue weighted by atomic mass is 19.1. The molecule has 0 saturated carbocycles. The van der Waals surface area contributed by atoms with Crippen LogP contribution >= 0.6 is 0 Å². The maximum Gasteiger partial charge on any atom is 0.328 e. The first-order valence-electron chi connectivity index (χ1n) is 12.2. The van der Waals surface area contributed by atoms with E-state index in [1.54, 1.807) is 0 Å². The Kier molecular flexibility index (Phi) is 8.21. The Morgan fingerprint density at radius 3 is 2.56 bits per heavy atom. The van der Waals surface area contributed by atoms with Crippen LogP contribution in [0.1, 0.15) is 28.8 Å². The number of benzene rings is 2. The van der Waals surface area contributed by atoms with E-state index in [1.165, 1.54) is 42.3 Å². The van der Waals surface area contributed by atoms with E-state index in [2.05, 4.69) is 5.32 Å². The number of nitrogens with one attached hydrogen (secondary N) is 2. The quantitative estimate of drug-likeness (QED) is 0.224. The largest absolute Gasteiger partial charge is 0.467 e. The zero-order chi connectivity index (χ0) is 28.3. The summed E-state index contributed by atoms with van der Waals surface area (Å²) < 4.78 is 24.8. The minimum atomic E-state index is -1.90. The number of amidine groups is 1. The lowest BCUT2D eigenvalue weighted by Gasteiger charge is -2.34. The monoisotopic (exact) mass is 541 g/mol. The summed E-state index contributed by atoms with van der Waals surface area (Å²) >= 11 is 0. The van der Waals surface area contributed by atoms with Gasteiger partial charge in [-0.2, -0.15) is 0 Å². The summed E-state index contributed by atoms with van der Waals surface area (Å²) in [6, 6.07) is 8.58. The molecule has 39 heavy (non-hydrogen) atoms. The maximum atomic E-state index is 14.6. The Balaban J connectivity index is 1.50. The molecule has 13 heteroatoms. The number of nitrogens with zero attached hydrogens (tertiary/aromatic N) is 2. The van der Waals surface area contributed by atoms with Gasteiger partial charge in [-0.15, -0.1) is 0 Å². The number of esters is 1. The molecule has 0 aromatic heterocycles. The highest BCUT2D eigenvalue weighted by Crippen LogP contribution is 2.27. The van der Waals surface area contributed by atoms with Crippen molar-refractivity contribution in [2.24, 2.45) is 5.73 Å². The van der Waals surface area contributed by atoms with E-state index in [4.69, 9.17) is 20.6 Å². The Morgan fingerprint density at radius 2 is 1.90 bits per heavy atom. The molecule has 0 bridgehead atoms. The number of aliphatic hydroxyl groups excluding tert-OH is 1. The molecule has 206 valence electrons. The molecule has 0 radical (unpaired) electrons. The average molecular weight is 542 g/mol. The van der Waals surface area contributed by atoms with E-state index in [9.17, 15) is 28.7 Å². The molecule has 2 aliphatic heterocycles. The van der Waals surface area contributed by atoms with Crippen LogP contribution in [0.2, 0.25) is 0 Å². The van der Waals surface area contributed by atoms with Crippen LogP contribution in [0.4, 0.5) is 15.8 Å². The molecular weight excluding hydrogens is 513 g/mol. The number of likely N-dealkylation sites (tertiary alicyclic amines) is 1. The fourth-order valence-corrected chi connectivity index (χ4v) is 4.59. The Hall–Kier alpha value is -4.36. The van der Waals surface area contributed by atoms with Crippen LogP contribution in [0.15, 0.2) is 42.5 Å². The number of hydrogen-bond donors (Lipinski definition) is 4. The van der Waals surface area contributed by atoms with Crippen LogP contribution in [0.5, 0.6) is 0 Å². The zero-order valence-corrected chi connectivity index (χ0v) is 21.1. The third kappa shape index (κ3) is 5.89. The molecule has 2 aromatic carbocycles. The molecule has 4 rings (SSSR count). The van der Waals surface area contributed by atoms with E-state index in [0.29, 0.717) is 30.6 Å². The third-order valence-electron chi connectivity index (χ3n) is 6.57. The maximum absolute atomic E-state index is 14.6. The smallest absolute Gasteiger partial charge is 0.328 e.